The van der Waals surface area contributed by atoms with Crippen molar-refractivity contribution in [3.8, 4) is 0 Å². The van der Waals surface area contributed by atoms with Crippen molar-refractivity contribution in [2.45, 2.75) is 6.54 Å². The van der Waals surface area contributed by atoms with Crippen LogP contribution in [0.1, 0.15) is 15.9 Å². The predicted octanol–water partition coefficient (Wildman–Crippen LogP) is 3.80. The normalized spacial score (nSPS) is 14.0. The molecule has 4 rings (SSSR count). The highest BCUT2D eigenvalue weighted by Gasteiger charge is 2.22. The van der Waals surface area contributed by atoms with Gasteiger partial charge in [0, 0.05) is 44.6 Å². The highest BCUT2D eigenvalue weighted by molar-refractivity contribution is 5.94. The van der Waals surface area contributed by atoms with E-state index in [0.717, 1.165) is 18.7 Å². The van der Waals surface area contributed by atoms with E-state index in [1.54, 1.807) is 30.5 Å². The molecule has 0 aliphatic carbocycles. The molecule has 1 aliphatic rings. The molecule has 3 aromatic rings. The van der Waals surface area contributed by atoms with Crippen LogP contribution in [0.3, 0.4) is 0 Å². The number of para-hydroxylation sites is 1. The van der Waals surface area contributed by atoms with Gasteiger partial charge in [0.05, 0.1) is 5.56 Å². The van der Waals surface area contributed by atoms with E-state index < -0.39 is 0 Å². The Balaban J connectivity index is 1.31. The second-order valence-electron chi connectivity index (χ2n) is 7.03. The molecule has 5 nitrogen and oxygen atoms in total. The van der Waals surface area contributed by atoms with Crippen LogP contribution < -0.4 is 10.2 Å². The second-order valence-corrected chi connectivity index (χ2v) is 7.03. The molecule has 1 aromatic heterocycles. The Morgan fingerprint density at radius 1 is 0.931 bits per heavy atom. The van der Waals surface area contributed by atoms with Gasteiger partial charge < -0.3 is 15.1 Å². The van der Waals surface area contributed by atoms with E-state index in [1.165, 1.54) is 17.8 Å². The number of amides is 1. The first-order valence-corrected chi connectivity index (χ1v) is 9.73. The van der Waals surface area contributed by atoms with E-state index in [1.807, 2.05) is 23.1 Å². The van der Waals surface area contributed by atoms with E-state index in [2.05, 4.69) is 27.3 Å². The van der Waals surface area contributed by atoms with Gasteiger partial charge in [-0.05, 0) is 42.0 Å². The van der Waals surface area contributed by atoms with Crippen LogP contribution in [0.4, 0.5) is 15.9 Å². The number of pyridine rings is 1. The van der Waals surface area contributed by atoms with Crippen molar-refractivity contribution < 1.29 is 9.18 Å². The lowest BCUT2D eigenvalue weighted by Gasteiger charge is -2.36. The Morgan fingerprint density at radius 3 is 2.31 bits per heavy atom. The molecule has 1 aliphatic heterocycles. The Bertz CT molecular complexity index is 937. The minimum Gasteiger partial charge on any atom is -0.368 e. The molecule has 6 heteroatoms. The summed E-state index contributed by atoms with van der Waals surface area (Å²) in [6, 6.07) is 20.2. The van der Waals surface area contributed by atoms with Gasteiger partial charge in [0.15, 0.2) is 0 Å². The maximum absolute atomic E-state index is 13.0. The minimum atomic E-state index is -0.251. The number of benzene rings is 2. The van der Waals surface area contributed by atoms with E-state index >= 15 is 0 Å². The molecule has 0 atom stereocenters. The van der Waals surface area contributed by atoms with Crippen LogP contribution in [-0.4, -0.2) is 42.0 Å². The van der Waals surface area contributed by atoms with Gasteiger partial charge in [-0.1, -0.05) is 30.3 Å². The summed E-state index contributed by atoms with van der Waals surface area (Å²) in [6.07, 6.45) is 1.61. The third-order valence-electron chi connectivity index (χ3n) is 5.09. The lowest BCUT2D eigenvalue weighted by molar-refractivity contribution is 0.0746. The molecule has 0 saturated carbocycles. The number of hydrogen-bond donors (Lipinski definition) is 1. The topological polar surface area (TPSA) is 48.5 Å². The average Bonchev–Trinajstić information content (AvgIpc) is 2.79. The largest absolute Gasteiger partial charge is 0.368 e. The van der Waals surface area contributed by atoms with Crippen LogP contribution in [0.15, 0.2) is 72.9 Å². The quantitative estimate of drug-likeness (QED) is 0.720. The molecule has 2 aromatic carbocycles. The van der Waals surface area contributed by atoms with E-state index in [0.29, 0.717) is 31.0 Å². The molecule has 1 amide bonds. The Kier molecular flexibility index (Phi) is 5.70. The molecular weight excluding hydrogens is 367 g/mol. The number of halogens is 1. The molecule has 29 heavy (non-hydrogen) atoms. The van der Waals surface area contributed by atoms with Crippen molar-refractivity contribution in [2.75, 3.05) is 36.4 Å². The second kappa shape index (κ2) is 8.73. The summed E-state index contributed by atoms with van der Waals surface area (Å²) in [6.45, 7) is 3.57. The van der Waals surface area contributed by atoms with Gasteiger partial charge in [0.1, 0.15) is 11.6 Å². The fourth-order valence-electron chi connectivity index (χ4n) is 3.41. The Hall–Kier alpha value is -3.41. The summed E-state index contributed by atoms with van der Waals surface area (Å²) >= 11 is 0. The summed E-state index contributed by atoms with van der Waals surface area (Å²) in [5.41, 5.74) is 2.74. The minimum absolute atomic E-state index is 0.00953. The molecule has 0 bridgehead atoms. The van der Waals surface area contributed by atoms with Gasteiger partial charge >= 0.3 is 0 Å². The number of carbonyl (C=O) groups excluding carboxylic acids is 1. The SMILES string of the molecule is O=C(c1ccc(NCc2ccc(F)cc2)nc1)N1CCN(c2ccccc2)CC1. The van der Waals surface area contributed by atoms with Gasteiger partial charge in [-0.2, -0.15) is 0 Å². The van der Waals surface area contributed by atoms with Crippen molar-refractivity contribution in [1.82, 2.24) is 9.88 Å². The molecule has 2 heterocycles. The lowest BCUT2D eigenvalue weighted by atomic mass is 10.2. The van der Waals surface area contributed by atoms with Gasteiger partial charge in [0.25, 0.3) is 5.91 Å². The molecule has 1 saturated heterocycles. The number of nitrogens with one attached hydrogen (secondary N) is 1. The highest BCUT2D eigenvalue weighted by Crippen LogP contribution is 2.17. The third-order valence-corrected chi connectivity index (χ3v) is 5.09. The van der Waals surface area contributed by atoms with Crippen LogP contribution in [0.2, 0.25) is 0 Å². The zero-order valence-electron chi connectivity index (χ0n) is 16.1. The molecule has 1 fully saturated rings. The number of aromatic nitrogens is 1. The van der Waals surface area contributed by atoms with Crippen molar-refractivity contribution in [3.05, 3.63) is 89.9 Å². The Labute approximate surface area is 169 Å². The van der Waals surface area contributed by atoms with Crippen molar-refractivity contribution in [3.63, 3.8) is 0 Å². The lowest BCUT2D eigenvalue weighted by Crippen LogP contribution is -2.48. The number of carbonyl (C=O) groups is 1. The van der Waals surface area contributed by atoms with Crippen molar-refractivity contribution in [1.29, 1.82) is 0 Å². The van der Waals surface area contributed by atoms with Gasteiger partial charge in [-0.3, -0.25) is 4.79 Å². The number of anilines is 2. The van der Waals surface area contributed by atoms with Gasteiger partial charge in [-0.25, -0.2) is 9.37 Å². The third kappa shape index (κ3) is 4.71. The average molecular weight is 390 g/mol. The molecule has 0 spiro atoms. The summed E-state index contributed by atoms with van der Waals surface area (Å²) < 4.78 is 13.0. The standard InChI is InChI=1S/C23H23FN4O/c24-20-9-6-18(7-10-20)16-25-22-11-8-19(17-26-22)23(29)28-14-12-27(13-15-28)21-4-2-1-3-5-21/h1-11,17H,12-16H2,(H,25,26). The van der Waals surface area contributed by atoms with Gasteiger partial charge in [-0.15, -0.1) is 0 Å². The van der Waals surface area contributed by atoms with E-state index in [9.17, 15) is 9.18 Å². The molecule has 148 valence electrons. The molecule has 0 radical (unpaired) electrons. The number of rotatable bonds is 5. The molecular formula is C23H23FN4O. The smallest absolute Gasteiger partial charge is 0.255 e. The summed E-state index contributed by atoms with van der Waals surface area (Å²) in [4.78, 5) is 21.3. The van der Waals surface area contributed by atoms with Crippen LogP contribution in [-0.2, 0) is 6.54 Å². The number of hydrogen-bond acceptors (Lipinski definition) is 4. The van der Waals surface area contributed by atoms with Crippen molar-refractivity contribution >= 4 is 17.4 Å². The first-order valence-electron chi connectivity index (χ1n) is 9.73. The molecule has 0 unspecified atom stereocenters. The fourth-order valence-corrected chi connectivity index (χ4v) is 3.41. The molecule has 1 N–H and O–H groups in total. The monoisotopic (exact) mass is 390 g/mol. The van der Waals surface area contributed by atoms with Crippen LogP contribution >= 0.6 is 0 Å². The summed E-state index contributed by atoms with van der Waals surface area (Å²) in [5, 5.41) is 3.18. The number of piperazine rings is 1. The highest BCUT2D eigenvalue weighted by atomic mass is 19.1. The maximum Gasteiger partial charge on any atom is 0.255 e. The fraction of sp³-hybridized carbons (Fsp3) is 0.217. The van der Waals surface area contributed by atoms with Crippen LogP contribution in [0.5, 0.6) is 0 Å². The van der Waals surface area contributed by atoms with E-state index in [4.69, 9.17) is 0 Å². The first kappa shape index (κ1) is 18.9. The number of nitrogens with zero attached hydrogens (tertiary/aromatic N) is 3. The predicted molar refractivity (Wildman–Crippen MR) is 113 cm³/mol. The maximum atomic E-state index is 13.0. The van der Waals surface area contributed by atoms with Crippen LogP contribution in [0.25, 0.3) is 0 Å². The first-order chi connectivity index (χ1) is 14.2. The zero-order valence-corrected chi connectivity index (χ0v) is 16.1. The van der Waals surface area contributed by atoms with E-state index in [-0.39, 0.29) is 11.7 Å². The zero-order chi connectivity index (χ0) is 20.1. The summed E-state index contributed by atoms with van der Waals surface area (Å²) in [7, 11) is 0. The summed E-state index contributed by atoms with van der Waals surface area (Å²) in [5.74, 6) is 0.439. The van der Waals surface area contributed by atoms with Gasteiger partial charge in [0.2, 0.25) is 0 Å². The van der Waals surface area contributed by atoms with Crippen molar-refractivity contribution in [2.24, 2.45) is 0 Å². The Morgan fingerprint density at radius 2 is 1.66 bits per heavy atom. The van der Waals surface area contributed by atoms with Crippen LogP contribution in [0, 0.1) is 5.82 Å².